The summed E-state index contributed by atoms with van der Waals surface area (Å²) in [7, 11) is 0. The lowest BCUT2D eigenvalue weighted by molar-refractivity contribution is -0.385. The molecule has 4 rings (SSSR count). The Labute approximate surface area is 242 Å². The number of carboxylic acid groups (broad SMARTS) is 2. The zero-order valence-electron chi connectivity index (χ0n) is 22.4. The third-order valence-electron chi connectivity index (χ3n) is 6.54. The first kappa shape index (κ1) is 30.4. The first-order valence-electron chi connectivity index (χ1n) is 13.0. The lowest BCUT2D eigenvalue weighted by atomic mass is 10.1. The largest absolute Gasteiger partial charge is 0.465 e. The predicted molar refractivity (Wildman–Crippen MR) is 150 cm³/mol. The highest BCUT2D eigenvalue weighted by atomic mass is 19.1. The van der Waals surface area contributed by atoms with Crippen molar-refractivity contribution in [3.8, 4) is 11.1 Å². The number of nitro benzene ring substituents is 1. The van der Waals surface area contributed by atoms with Crippen molar-refractivity contribution in [3.05, 3.63) is 93.8 Å². The number of hydrogen-bond acceptors (Lipinski definition) is 6. The van der Waals surface area contributed by atoms with Gasteiger partial charge in [-0.15, -0.1) is 0 Å². The molecule has 15 heteroatoms. The highest BCUT2D eigenvalue weighted by Gasteiger charge is 2.22. The Balaban J connectivity index is 1.68. The molecule has 1 heterocycles. The van der Waals surface area contributed by atoms with Gasteiger partial charge in [0.25, 0.3) is 11.6 Å². The number of carbonyl (C=O) groups is 3. The summed E-state index contributed by atoms with van der Waals surface area (Å²) in [4.78, 5) is 50.4. The number of imidazole rings is 1. The number of rotatable bonds is 12. The van der Waals surface area contributed by atoms with Gasteiger partial charge in [0, 0.05) is 36.8 Å². The SMILES string of the molecule is O=C(O)NCCCC(CNC(=O)c1nc2ccc(-c3ccc(F)cc3)cc2n1Cc1cc([N+](=O)[O-])ccc1F)NC(=O)O. The molecule has 0 aliphatic carbocycles. The summed E-state index contributed by atoms with van der Waals surface area (Å²) < 4.78 is 29.7. The molecule has 224 valence electrons. The Hall–Kier alpha value is -5.60. The number of aromatic nitrogens is 2. The van der Waals surface area contributed by atoms with Crippen LogP contribution in [0.1, 0.15) is 29.0 Å². The summed E-state index contributed by atoms with van der Waals surface area (Å²) in [6.07, 6.45) is -2.09. The minimum absolute atomic E-state index is 0.0715. The van der Waals surface area contributed by atoms with E-state index in [4.69, 9.17) is 5.11 Å². The summed E-state index contributed by atoms with van der Waals surface area (Å²) in [6.45, 7) is -0.410. The fraction of sp³-hybridized carbons (Fsp3) is 0.214. The summed E-state index contributed by atoms with van der Waals surface area (Å²) in [5.41, 5.74) is 1.61. The highest BCUT2D eigenvalue weighted by molar-refractivity contribution is 5.96. The van der Waals surface area contributed by atoms with Crippen molar-refractivity contribution in [2.45, 2.75) is 25.4 Å². The Morgan fingerprint density at radius 1 is 0.953 bits per heavy atom. The maximum atomic E-state index is 14.8. The van der Waals surface area contributed by atoms with E-state index in [-0.39, 0.29) is 49.6 Å². The number of halogens is 2. The van der Waals surface area contributed by atoms with Crippen LogP contribution in [0.3, 0.4) is 0 Å². The predicted octanol–water partition coefficient (Wildman–Crippen LogP) is 4.35. The molecule has 5 N–H and O–H groups in total. The molecule has 1 unspecified atom stereocenters. The van der Waals surface area contributed by atoms with E-state index >= 15 is 0 Å². The van der Waals surface area contributed by atoms with Gasteiger partial charge >= 0.3 is 12.2 Å². The van der Waals surface area contributed by atoms with E-state index in [2.05, 4.69) is 20.9 Å². The van der Waals surface area contributed by atoms with Crippen LogP contribution in [0.2, 0.25) is 0 Å². The molecule has 1 aromatic heterocycles. The Morgan fingerprint density at radius 3 is 2.35 bits per heavy atom. The van der Waals surface area contributed by atoms with Gasteiger partial charge in [0.2, 0.25) is 0 Å². The summed E-state index contributed by atoms with van der Waals surface area (Å²) >= 11 is 0. The van der Waals surface area contributed by atoms with Gasteiger partial charge in [-0.3, -0.25) is 14.9 Å². The average molecular weight is 597 g/mol. The number of nitrogens with one attached hydrogen (secondary N) is 3. The van der Waals surface area contributed by atoms with Gasteiger partial charge < -0.3 is 30.7 Å². The van der Waals surface area contributed by atoms with E-state index in [1.807, 2.05) is 0 Å². The molecule has 0 aliphatic rings. The van der Waals surface area contributed by atoms with E-state index in [0.29, 0.717) is 22.2 Å². The second-order valence-electron chi connectivity index (χ2n) is 9.50. The van der Waals surface area contributed by atoms with E-state index in [0.717, 1.165) is 18.2 Å². The van der Waals surface area contributed by atoms with Crippen LogP contribution >= 0.6 is 0 Å². The van der Waals surface area contributed by atoms with E-state index in [9.17, 15) is 38.4 Å². The van der Waals surface area contributed by atoms with Gasteiger partial charge in [0.05, 0.1) is 22.5 Å². The van der Waals surface area contributed by atoms with Crippen LogP contribution < -0.4 is 16.0 Å². The standard InChI is InChI=1S/C28H26F2N6O7/c29-19-6-3-16(4-7-19)17-5-10-23-24(13-17)35(15-18-12-21(36(42)43)8-9-22(18)30)25(34-23)26(37)32-14-20(33-28(40)41)2-1-11-31-27(38)39/h3-10,12-13,20,31,33H,1-2,11,14-15H2,(H,32,37)(H,38,39)(H,40,41). The van der Waals surface area contributed by atoms with Crippen LogP contribution in [0.25, 0.3) is 22.2 Å². The van der Waals surface area contributed by atoms with Crippen LogP contribution in [0.4, 0.5) is 24.1 Å². The molecule has 0 radical (unpaired) electrons. The maximum Gasteiger partial charge on any atom is 0.404 e. The van der Waals surface area contributed by atoms with Crippen LogP contribution in [0.5, 0.6) is 0 Å². The van der Waals surface area contributed by atoms with Gasteiger partial charge in [-0.2, -0.15) is 0 Å². The van der Waals surface area contributed by atoms with Gasteiger partial charge in [0.15, 0.2) is 5.82 Å². The highest BCUT2D eigenvalue weighted by Crippen LogP contribution is 2.27. The molecule has 43 heavy (non-hydrogen) atoms. The molecule has 0 saturated heterocycles. The Bertz CT molecular complexity index is 1680. The van der Waals surface area contributed by atoms with Crippen molar-refractivity contribution >= 4 is 34.8 Å². The van der Waals surface area contributed by atoms with Crippen molar-refractivity contribution in [2.24, 2.45) is 0 Å². The monoisotopic (exact) mass is 596 g/mol. The normalized spacial score (nSPS) is 11.6. The first-order chi connectivity index (χ1) is 20.5. The molecule has 0 fully saturated rings. The lowest BCUT2D eigenvalue weighted by Crippen LogP contribution is -2.44. The molecule has 4 aromatic rings. The van der Waals surface area contributed by atoms with Gasteiger partial charge in [-0.25, -0.2) is 23.4 Å². The third kappa shape index (κ3) is 7.78. The van der Waals surface area contributed by atoms with Crippen molar-refractivity contribution in [2.75, 3.05) is 13.1 Å². The third-order valence-corrected chi connectivity index (χ3v) is 6.54. The number of benzene rings is 3. The number of nitrogens with zero attached hydrogens (tertiary/aromatic N) is 3. The lowest BCUT2D eigenvalue weighted by Gasteiger charge is -2.18. The van der Waals surface area contributed by atoms with Gasteiger partial charge in [0.1, 0.15) is 11.6 Å². The summed E-state index contributed by atoms with van der Waals surface area (Å²) in [6, 6.07) is 13.0. The zero-order chi connectivity index (χ0) is 31.1. The van der Waals surface area contributed by atoms with Gasteiger partial charge in [-0.05, 0) is 54.3 Å². The van der Waals surface area contributed by atoms with Crippen molar-refractivity contribution < 1.29 is 38.3 Å². The molecular weight excluding hydrogens is 570 g/mol. The zero-order valence-corrected chi connectivity index (χ0v) is 22.4. The molecule has 3 aromatic carbocycles. The molecule has 13 nitrogen and oxygen atoms in total. The number of amides is 3. The molecule has 0 saturated carbocycles. The topological polar surface area (TPSA) is 189 Å². The Morgan fingerprint density at radius 2 is 1.67 bits per heavy atom. The van der Waals surface area contributed by atoms with Crippen LogP contribution in [0, 0.1) is 21.7 Å². The fourth-order valence-electron chi connectivity index (χ4n) is 4.48. The van der Waals surface area contributed by atoms with Crippen molar-refractivity contribution in [1.29, 1.82) is 0 Å². The van der Waals surface area contributed by atoms with E-state index in [1.165, 1.54) is 16.7 Å². The summed E-state index contributed by atoms with van der Waals surface area (Å²) in [5, 5.41) is 36.3. The molecular formula is C28H26F2N6O7. The van der Waals surface area contributed by atoms with E-state index in [1.54, 1.807) is 30.3 Å². The second-order valence-corrected chi connectivity index (χ2v) is 9.50. The summed E-state index contributed by atoms with van der Waals surface area (Å²) in [5.74, 6) is -2.07. The molecule has 3 amide bonds. The fourth-order valence-corrected chi connectivity index (χ4v) is 4.48. The number of carbonyl (C=O) groups excluding carboxylic acids is 1. The second kappa shape index (κ2) is 13.4. The van der Waals surface area contributed by atoms with Crippen LogP contribution in [0.15, 0.2) is 60.7 Å². The average Bonchev–Trinajstić information content (AvgIpc) is 3.32. The maximum absolute atomic E-state index is 14.8. The first-order valence-corrected chi connectivity index (χ1v) is 13.0. The number of fused-ring (bicyclic) bond motifs is 1. The van der Waals surface area contributed by atoms with Crippen molar-refractivity contribution in [3.63, 3.8) is 0 Å². The van der Waals surface area contributed by atoms with E-state index < -0.39 is 40.7 Å². The minimum Gasteiger partial charge on any atom is -0.465 e. The number of non-ortho nitro benzene ring substituents is 1. The number of hydrogen-bond donors (Lipinski definition) is 5. The molecule has 0 bridgehead atoms. The minimum atomic E-state index is -1.34. The molecule has 0 spiro atoms. The van der Waals surface area contributed by atoms with Crippen LogP contribution in [-0.4, -0.2) is 61.9 Å². The molecule has 0 aliphatic heterocycles. The van der Waals surface area contributed by atoms with Gasteiger partial charge in [-0.1, -0.05) is 18.2 Å². The smallest absolute Gasteiger partial charge is 0.404 e. The molecule has 1 atom stereocenters. The van der Waals surface area contributed by atoms with Crippen LogP contribution in [-0.2, 0) is 6.54 Å². The van der Waals surface area contributed by atoms with Crippen molar-refractivity contribution in [1.82, 2.24) is 25.5 Å². The number of nitro groups is 1. The Kier molecular flexibility index (Phi) is 9.44. The quantitative estimate of drug-likeness (QED) is 0.0906.